The second-order valence-electron chi connectivity index (χ2n) is 6.23. The van der Waals surface area contributed by atoms with Gasteiger partial charge >= 0.3 is 0 Å². The van der Waals surface area contributed by atoms with Gasteiger partial charge < -0.3 is 10.0 Å². The number of aliphatic hydroxyl groups is 1. The number of halogens is 1. The van der Waals surface area contributed by atoms with E-state index in [2.05, 4.69) is 14.8 Å². The largest absolute Gasteiger partial charge is 0.388 e. The van der Waals surface area contributed by atoms with Crippen LogP contribution in [0.5, 0.6) is 0 Å². The van der Waals surface area contributed by atoms with Gasteiger partial charge in [0, 0.05) is 26.2 Å². The molecule has 0 amide bonds. The summed E-state index contributed by atoms with van der Waals surface area (Å²) in [6, 6.07) is 13.0. The van der Waals surface area contributed by atoms with E-state index in [0.717, 1.165) is 56.9 Å². The lowest BCUT2D eigenvalue weighted by molar-refractivity contribution is 0.154. The number of pyridine rings is 1. The number of benzene rings is 1. The molecule has 0 radical (unpaired) electrons. The Balaban J connectivity index is 1.39. The van der Waals surface area contributed by atoms with Crippen LogP contribution in [0.2, 0.25) is 0 Å². The third-order valence-corrected chi connectivity index (χ3v) is 4.54. The van der Waals surface area contributed by atoms with Gasteiger partial charge in [-0.2, -0.15) is 0 Å². The molecule has 1 aliphatic rings. The summed E-state index contributed by atoms with van der Waals surface area (Å²) in [4.78, 5) is 8.75. The highest BCUT2D eigenvalue weighted by molar-refractivity contribution is 5.38. The average Bonchev–Trinajstić information content (AvgIpc) is 2.64. The molecule has 0 aliphatic carbocycles. The molecule has 1 atom stereocenters. The maximum Gasteiger partial charge on any atom is 0.141 e. The molecule has 1 N–H and O–H groups in total. The highest BCUT2D eigenvalue weighted by Gasteiger charge is 2.18. The monoisotopic (exact) mass is 329 g/mol. The first-order valence-corrected chi connectivity index (χ1v) is 8.54. The van der Waals surface area contributed by atoms with Crippen LogP contribution >= 0.6 is 0 Å². The zero-order valence-corrected chi connectivity index (χ0v) is 13.8. The lowest BCUT2D eigenvalue weighted by atomic mass is 10.0. The van der Waals surface area contributed by atoms with Gasteiger partial charge in [0.15, 0.2) is 0 Å². The number of rotatable bonds is 6. The Morgan fingerprint density at radius 1 is 1.04 bits per heavy atom. The van der Waals surface area contributed by atoms with Crippen molar-refractivity contribution in [2.45, 2.75) is 18.9 Å². The van der Waals surface area contributed by atoms with Gasteiger partial charge in [-0.15, -0.1) is 0 Å². The standard InChI is InChI=1S/C19H24FN3O/c20-17-8-9-19(21-15-17)23-13-11-22(12-14-23)10-4-7-18(24)16-5-2-1-3-6-16/h1-3,5-6,8-9,15,18,24H,4,7,10-14H2. The highest BCUT2D eigenvalue weighted by atomic mass is 19.1. The number of anilines is 1. The number of aliphatic hydroxyl groups excluding tert-OH is 1. The minimum atomic E-state index is -0.379. The highest BCUT2D eigenvalue weighted by Crippen LogP contribution is 2.19. The molecule has 2 aromatic rings. The van der Waals surface area contributed by atoms with Crippen molar-refractivity contribution < 1.29 is 9.50 Å². The van der Waals surface area contributed by atoms with Crippen molar-refractivity contribution in [1.82, 2.24) is 9.88 Å². The Morgan fingerprint density at radius 3 is 2.46 bits per heavy atom. The lowest BCUT2D eigenvalue weighted by Gasteiger charge is -2.35. The summed E-state index contributed by atoms with van der Waals surface area (Å²) < 4.78 is 12.9. The molecule has 24 heavy (non-hydrogen) atoms. The van der Waals surface area contributed by atoms with Crippen LogP contribution in [0.15, 0.2) is 48.7 Å². The number of aromatic nitrogens is 1. The van der Waals surface area contributed by atoms with Crippen LogP contribution in [0, 0.1) is 5.82 Å². The van der Waals surface area contributed by atoms with E-state index in [-0.39, 0.29) is 11.9 Å². The fourth-order valence-corrected chi connectivity index (χ4v) is 3.11. The molecule has 0 saturated carbocycles. The molecule has 2 heterocycles. The van der Waals surface area contributed by atoms with Gasteiger partial charge in [0.05, 0.1) is 12.3 Å². The Morgan fingerprint density at radius 2 is 1.79 bits per heavy atom. The smallest absolute Gasteiger partial charge is 0.141 e. The van der Waals surface area contributed by atoms with Crippen LogP contribution in [0.3, 0.4) is 0 Å². The third kappa shape index (κ3) is 4.52. The first-order chi connectivity index (χ1) is 11.7. The van der Waals surface area contributed by atoms with Crippen molar-refractivity contribution in [1.29, 1.82) is 0 Å². The average molecular weight is 329 g/mol. The van der Waals surface area contributed by atoms with Crippen molar-refractivity contribution in [3.8, 4) is 0 Å². The van der Waals surface area contributed by atoms with E-state index in [1.807, 2.05) is 30.3 Å². The molecule has 1 aliphatic heterocycles. The molecule has 5 heteroatoms. The number of nitrogens with zero attached hydrogens (tertiary/aromatic N) is 3. The molecule has 3 rings (SSSR count). The Kier molecular flexibility index (Phi) is 5.77. The van der Waals surface area contributed by atoms with Crippen LogP contribution in [0.25, 0.3) is 0 Å². The quantitative estimate of drug-likeness (QED) is 0.885. The molecule has 0 bridgehead atoms. The van der Waals surface area contributed by atoms with Gasteiger partial charge in [0.25, 0.3) is 0 Å². The molecule has 1 aromatic heterocycles. The minimum Gasteiger partial charge on any atom is -0.388 e. The van der Waals surface area contributed by atoms with Gasteiger partial charge in [-0.1, -0.05) is 30.3 Å². The summed E-state index contributed by atoms with van der Waals surface area (Å²) >= 11 is 0. The molecule has 0 spiro atoms. The van der Waals surface area contributed by atoms with Crippen LogP contribution < -0.4 is 4.90 Å². The first-order valence-electron chi connectivity index (χ1n) is 8.54. The summed E-state index contributed by atoms with van der Waals surface area (Å²) in [6.45, 7) is 4.75. The number of hydrogen-bond donors (Lipinski definition) is 1. The van der Waals surface area contributed by atoms with E-state index in [1.54, 1.807) is 6.07 Å². The van der Waals surface area contributed by atoms with Gasteiger partial charge in [-0.05, 0) is 37.1 Å². The molecule has 1 unspecified atom stereocenters. The molecule has 1 aromatic carbocycles. The fraction of sp³-hybridized carbons (Fsp3) is 0.421. The Hall–Kier alpha value is -1.98. The summed E-state index contributed by atoms with van der Waals surface area (Å²) in [7, 11) is 0. The van der Waals surface area contributed by atoms with E-state index in [4.69, 9.17) is 0 Å². The van der Waals surface area contributed by atoms with Crippen LogP contribution in [0.1, 0.15) is 24.5 Å². The summed E-state index contributed by atoms with van der Waals surface area (Å²) in [6.07, 6.45) is 2.65. The van der Waals surface area contributed by atoms with E-state index in [9.17, 15) is 9.50 Å². The lowest BCUT2D eigenvalue weighted by Crippen LogP contribution is -2.46. The normalized spacial score (nSPS) is 17.0. The third-order valence-electron chi connectivity index (χ3n) is 4.54. The van der Waals surface area contributed by atoms with Crippen molar-refractivity contribution in [2.24, 2.45) is 0 Å². The second kappa shape index (κ2) is 8.22. The van der Waals surface area contributed by atoms with Crippen molar-refractivity contribution in [2.75, 3.05) is 37.6 Å². The molecule has 128 valence electrons. The SMILES string of the molecule is OC(CCCN1CCN(c2ccc(F)cn2)CC1)c1ccccc1. The van der Waals surface area contributed by atoms with E-state index in [0.29, 0.717) is 0 Å². The second-order valence-corrected chi connectivity index (χ2v) is 6.23. The predicted molar refractivity (Wildman–Crippen MR) is 93.5 cm³/mol. The molecular weight excluding hydrogens is 305 g/mol. The molecule has 1 fully saturated rings. The maximum atomic E-state index is 12.9. The van der Waals surface area contributed by atoms with Gasteiger partial charge in [-0.25, -0.2) is 9.37 Å². The summed E-state index contributed by atoms with van der Waals surface area (Å²) in [5.41, 5.74) is 0.990. The van der Waals surface area contributed by atoms with Crippen molar-refractivity contribution in [3.63, 3.8) is 0 Å². The fourth-order valence-electron chi connectivity index (χ4n) is 3.11. The topological polar surface area (TPSA) is 39.6 Å². The number of piperazine rings is 1. The van der Waals surface area contributed by atoms with E-state index in [1.165, 1.54) is 12.3 Å². The van der Waals surface area contributed by atoms with Gasteiger partial charge in [0.2, 0.25) is 0 Å². The predicted octanol–water partition coefficient (Wildman–Crippen LogP) is 2.86. The molecule has 1 saturated heterocycles. The Labute approximate surface area is 142 Å². The number of hydrogen-bond acceptors (Lipinski definition) is 4. The van der Waals surface area contributed by atoms with E-state index < -0.39 is 0 Å². The Bertz CT molecular complexity index is 612. The first kappa shape index (κ1) is 16.9. The summed E-state index contributed by atoms with van der Waals surface area (Å²) in [5, 5.41) is 10.2. The van der Waals surface area contributed by atoms with Crippen molar-refractivity contribution >= 4 is 5.82 Å². The zero-order chi connectivity index (χ0) is 16.8. The van der Waals surface area contributed by atoms with Gasteiger partial charge in [0.1, 0.15) is 11.6 Å². The van der Waals surface area contributed by atoms with Gasteiger partial charge in [-0.3, -0.25) is 4.90 Å². The maximum absolute atomic E-state index is 12.9. The zero-order valence-electron chi connectivity index (χ0n) is 13.8. The van der Waals surface area contributed by atoms with Crippen LogP contribution in [-0.2, 0) is 0 Å². The van der Waals surface area contributed by atoms with E-state index >= 15 is 0 Å². The molecular formula is C19H24FN3O. The van der Waals surface area contributed by atoms with Crippen LogP contribution in [-0.4, -0.2) is 47.7 Å². The van der Waals surface area contributed by atoms with Crippen molar-refractivity contribution in [3.05, 3.63) is 60.0 Å². The van der Waals surface area contributed by atoms with Crippen LogP contribution in [0.4, 0.5) is 10.2 Å². The molecule has 4 nitrogen and oxygen atoms in total. The minimum absolute atomic E-state index is 0.297. The summed E-state index contributed by atoms with van der Waals surface area (Å²) in [5.74, 6) is 0.546.